The maximum Gasteiger partial charge on any atom is 0.290 e. The van der Waals surface area contributed by atoms with E-state index in [2.05, 4.69) is 0 Å². The van der Waals surface area contributed by atoms with Gasteiger partial charge in [0.15, 0.2) is 22.9 Å². The monoisotopic (exact) mass is 469 g/mol. The van der Waals surface area contributed by atoms with Crippen LogP contribution in [-0.2, 0) is 9.53 Å². The highest BCUT2D eigenvalue weighted by atomic mass is 32.1. The number of fused-ring (bicyclic) bond motifs is 1. The van der Waals surface area contributed by atoms with E-state index < -0.39 is 23.5 Å². The molecule has 1 amide bonds. The van der Waals surface area contributed by atoms with Crippen LogP contribution in [0.1, 0.15) is 47.3 Å². The fourth-order valence-corrected chi connectivity index (χ4v) is 5.10. The van der Waals surface area contributed by atoms with E-state index >= 15 is 0 Å². The van der Waals surface area contributed by atoms with E-state index in [1.807, 2.05) is 38.3 Å². The van der Waals surface area contributed by atoms with Crippen molar-refractivity contribution in [2.45, 2.75) is 39.3 Å². The molecule has 1 atom stereocenters. The number of thiophene rings is 1. The molecule has 1 unspecified atom stereocenters. The number of rotatable bonds is 9. The summed E-state index contributed by atoms with van der Waals surface area (Å²) in [7, 11) is 1.53. The molecule has 0 bridgehead atoms. The Morgan fingerprint density at radius 2 is 2.09 bits per heavy atom. The van der Waals surface area contributed by atoms with Crippen LogP contribution in [0.4, 0.5) is 0 Å². The standard InChI is InChI=1S/C25H27NO6S/c1-14(2)31-11-6-10-26-20(24-15(3)9-12-33-24)19(22(28)25(26)29)21(27)18-13-16-7-5-8-17(30-4)23(16)32-18/h5,7-9,12-14,20,28H,6,10-11H2,1-4H3. The van der Waals surface area contributed by atoms with Crippen LogP contribution in [-0.4, -0.2) is 48.1 Å². The zero-order chi connectivity index (χ0) is 23.7. The number of aryl methyl sites for hydroxylation is 1. The minimum Gasteiger partial charge on any atom is -0.503 e. The number of furan rings is 1. The van der Waals surface area contributed by atoms with E-state index in [1.165, 1.54) is 18.4 Å². The molecule has 4 rings (SSSR count). The maximum absolute atomic E-state index is 13.6. The van der Waals surface area contributed by atoms with Gasteiger partial charge < -0.3 is 23.9 Å². The number of carbonyl (C=O) groups excluding carboxylic acids is 2. The third-order valence-electron chi connectivity index (χ3n) is 5.64. The number of para-hydroxylation sites is 1. The Kier molecular flexibility index (Phi) is 6.58. The second-order valence-electron chi connectivity index (χ2n) is 8.22. The molecule has 0 saturated carbocycles. The summed E-state index contributed by atoms with van der Waals surface area (Å²) in [5, 5.41) is 13.4. The molecule has 3 aromatic rings. The summed E-state index contributed by atoms with van der Waals surface area (Å²) in [6, 6.07) is 8.23. The van der Waals surface area contributed by atoms with Crippen molar-refractivity contribution in [2.24, 2.45) is 0 Å². The topological polar surface area (TPSA) is 89.2 Å². The number of ether oxygens (including phenoxy) is 2. The van der Waals surface area contributed by atoms with Crippen molar-refractivity contribution < 1.29 is 28.6 Å². The first-order valence-corrected chi connectivity index (χ1v) is 11.7. The van der Waals surface area contributed by atoms with Crippen LogP contribution < -0.4 is 4.74 Å². The predicted octanol–water partition coefficient (Wildman–Crippen LogP) is 5.20. The van der Waals surface area contributed by atoms with Gasteiger partial charge in [-0.05, 0) is 56.3 Å². The first kappa shape index (κ1) is 23.1. The number of hydrogen-bond donors (Lipinski definition) is 1. The molecular weight excluding hydrogens is 442 g/mol. The molecule has 0 spiro atoms. The normalized spacial score (nSPS) is 16.5. The quantitative estimate of drug-likeness (QED) is 0.342. The zero-order valence-corrected chi connectivity index (χ0v) is 19.9. The summed E-state index contributed by atoms with van der Waals surface area (Å²) in [5.74, 6) is -1.06. The number of aliphatic hydroxyl groups excluding tert-OH is 1. The second kappa shape index (κ2) is 9.41. The lowest BCUT2D eigenvalue weighted by Crippen LogP contribution is -2.32. The van der Waals surface area contributed by atoms with Crippen LogP contribution in [0.25, 0.3) is 11.0 Å². The van der Waals surface area contributed by atoms with Crippen molar-refractivity contribution >= 4 is 34.0 Å². The zero-order valence-electron chi connectivity index (χ0n) is 19.1. The fraction of sp³-hybridized carbons (Fsp3) is 0.360. The van der Waals surface area contributed by atoms with Crippen LogP contribution in [0.3, 0.4) is 0 Å². The highest BCUT2D eigenvalue weighted by Crippen LogP contribution is 2.43. The summed E-state index contributed by atoms with van der Waals surface area (Å²) in [6.07, 6.45) is 0.671. The first-order valence-electron chi connectivity index (χ1n) is 10.8. The largest absolute Gasteiger partial charge is 0.503 e. The Hall–Kier alpha value is -3.10. The highest BCUT2D eigenvalue weighted by Gasteiger charge is 2.45. The highest BCUT2D eigenvalue weighted by molar-refractivity contribution is 7.10. The van der Waals surface area contributed by atoms with E-state index in [0.717, 1.165) is 10.4 Å². The molecule has 1 aromatic carbocycles. The summed E-state index contributed by atoms with van der Waals surface area (Å²) in [6.45, 7) is 6.66. The van der Waals surface area contributed by atoms with Crippen molar-refractivity contribution in [3.05, 3.63) is 63.2 Å². The third kappa shape index (κ3) is 4.28. The molecular formula is C25H27NO6S. The lowest BCUT2D eigenvalue weighted by molar-refractivity contribution is -0.129. The van der Waals surface area contributed by atoms with Crippen molar-refractivity contribution in [3.63, 3.8) is 0 Å². The van der Waals surface area contributed by atoms with E-state index in [0.29, 0.717) is 36.3 Å². The van der Waals surface area contributed by atoms with Crippen molar-refractivity contribution in [1.29, 1.82) is 0 Å². The second-order valence-corrected chi connectivity index (χ2v) is 9.17. The SMILES string of the molecule is COc1cccc2cc(C(=O)C3=C(O)C(=O)N(CCCOC(C)C)C3c3sccc3C)oc12. The molecule has 0 radical (unpaired) electrons. The van der Waals surface area contributed by atoms with Gasteiger partial charge in [-0.1, -0.05) is 12.1 Å². The smallest absolute Gasteiger partial charge is 0.290 e. The Bertz CT molecular complexity index is 1220. The van der Waals surface area contributed by atoms with Crippen molar-refractivity contribution in [3.8, 4) is 5.75 Å². The van der Waals surface area contributed by atoms with E-state index in [9.17, 15) is 14.7 Å². The molecule has 8 heteroatoms. The Morgan fingerprint density at radius 1 is 1.30 bits per heavy atom. The lowest BCUT2D eigenvalue weighted by Gasteiger charge is -2.26. The summed E-state index contributed by atoms with van der Waals surface area (Å²) < 4.78 is 16.8. The van der Waals surface area contributed by atoms with Crippen LogP contribution in [0, 0.1) is 6.92 Å². The molecule has 1 aliphatic heterocycles. The number of aliphatic hydroxyl groups is 1. The number of carbonyl (C=O) groups is 2. The summed E-state index contributed by atoms with van der Waals surface area (Å²) in [5.41, 5.74) is 1.43. The molecule has 7 nitrogen and oxygen atoms in total. The van der Waals surface area contributed by atoms with Gasteiger partial charge in [-0.3, -0.25) is 9.59 Å². The average molecular weight is 470 g/mol. The summed E-state index contributed by atoms with van der Waals surface area (Å²) >= 11 is 1.45. The molecule has 174 valence electrons. The maximum atomic E-state index is 13.6. The number of amides is 1. The van der Waals surface area contributed by atoms with Gasteiger partial charge in [0.25, 0.3) is 5.91 Å². The number of hydrogen-bond acceptors (Lipinski definition) is 7. The van der Waals surface area contributed by atoms with Crippen LogP contribution in [0.15, 0.2) is 51.5 Å². The van der Waals surface area contributed by atoms with Gasteiger partial charge in [0.2, 0.25) is 5.78 Å². The fourth-order valence-electron chi connectivity index (χ4n) is 4.05. The van der Waals surface area contributed by atoms with Gasteiger partial charge >= 0.3 is 0 Å². The number of nitrogens with zero attached hydrogens (tertiary/aromatic N) is 1. The van der Waals surface area contributed by atoms with Gasteiger partial charge in [0, 0.05) is 23.4 Å². The van der Waals surface area contributed by atoms with Crippen LogP contribution >= 0.6 is 11.3 Å². The van der Waals surface area contributed by atoms with Crippen LogP contribution in [0.5, 0.6) is 5.75 Å². The number of methoxy groups -OCH3 is 1. The molecule has 33 heavy (non-hydrogen) atoms. The van der Waals surface area contributed by atoms with E-state index in [1.54, 1.807) is 23.1 Å². The minimum absolute atomic E-state index is 0.0355. The Labute approximate surface area is 196 Å². The average Bonchev–Trinajstić information content (AvgIpc) is 3.47. The minimum atomic E-state index is -0.681. The Morgan fingerprint density at radius 3 is 2.76 bits per heavy atom. The Balaban J connectivity index is 1.71. The van der Waals surface area contributed by atoms with E-state index in [4.69, 9.17) is 13.9 Å². The number of Topliss-reactive ketones (excluding diaryl/α,β-unsaturated/α-hetero) is 1. The van der Waals surface area contributed by atoms with Crippen molar-refractivity contribution in [2.75, 3.05) is 20.3 Å². The molecule has 2 aromatic heterocycles. The third-order valence-corrected chi connectivity index (χ3v) is 6.72. The molecule has 3 heterocycles. The number of benzene rings is 1. The molecule has 0 aliphatic carbocycles. The van der Waals surface area contributed by atoms with Gasteiger partial charge in [-0.25, -0.2) is 0 Å². The van der Waals surface area contributed by atoms with Gasteiger partial charge in [0.05, 0.1) is 24.8 Å². The lowest BCUT2D eigenvalue weighted by atomic mass is 9.98. The predicted molar refractivity (Wildman–Crippen MR) is 126 cm³/mol. The summed E-state index contributed by atoms with van der Waals surface area (Å²) in [4.78, 5) is 29.0. The number of ketones is 1. The van der Waals surface area contributed by atoms with Gasteiger partial charge in [-0.2, -0.15) is 0 Å². The molecule has 1 aliphatic rings. The van der Waals surface area contributed by atoms with Gasteiger partial charge in [-0.15, -0.1) is 11.3 Å². The first-order chi connectivity index (χ1) is 15.8. The molecule has 1 N–H and O–H groups in total. The molecule has 0 fully saturated rings. The molecule has 0 saturated heterocycles. The van der Waals surface area contributed by atoms with Crippen molar-refractivity contribution in [1.82, 2.24) is 4.90 Å². The van der Waals surface area contributed by atoms with E-state index in [-0.39, 0.29) is 17.4 Å². The van der Waals surface area contributed by atoms with Crippen LogP contribution in [0.2, 0.25) is 0 Å². The van der Waals surface area contributed by atoms with Gasteiger partial charge in [0.1, 0.15) is 0 Å².